The highest BCUT2D eigenvalue weighted by Gasteiger charge is 2.30. The first kappa shape index (κ1) is 18.5. The standard InChI is InChI=1S/C16H21BrN4O3S/c1-2-5-15-18-16(24-19-15)12-20-8-10-21(11-9-20)25(22,23)14-7-4-3-6-13(14)17/h3-4,6-7H,2,5,8-12H2,1H3. The van der Waals surface area contributed by atoms with Crippen LogP contribution in [-0.2, 0) is 23.0 Å². The van der Waals surface area contributed by atoms with E-state index in [0.29, 0.717) is 48.0 Å². The van der Waals surface area contributed by atoms with Crippen molar-refractivity contribution in [2.45, 2.75) is 31.2 Å². The van der Waals surface area contributed by atoms with E-state index in [1.165, 1.54) is 4.31 Å². The zero-order valence-electron chi connectivity index (χ0n) is 14.1. The first-order chi connectivity index (χ1) is 12.0. The van der Waals surface area contributed by atoms with Crippen LogP contribution in [0.4, 0.5) is 0 Å². The molecule has 25 heavy (non-hydrogen) atoms. The molecule has 1 aliphatic rings. The molecule has 0 unspecified atom stereocenters. The van der Waals surface area contributed by atoms with Crippen molar-refractivity contribution < 1.29 is 12.9 Å². The highest BCUT2D eigenvalue weighted by molar-refractivity contribution is 9.10. The molecular formula is C16H21BrN4O3S. The Morgan fingerprint density at radius 2 is 1.92 bits per heavy atom. The number of rotatable bonds is 6. The molecule has 1 aromatic carbocycles. The van der Waals surface area contributed by atoms with E-state index in [9.17, 15) is 8.42 Å². The Kier molecular flexibility index (Phi) is 5.88. The molecule has 0 radical (unpaired) electrons. The van der Waals surface area contributed by atoms with Gasteiger partial charge in [-0.2, -0.15) is 9.29 Å². The molecule has 1 fully saturated rings. The van der Waals surface area contributed by atoms with Crippen molar-refractivity contribution in [2.75, 3.05) is 26.2 Å². The maximum Gasteiger partial charge on any atom is 0.244 e. The van der Waals surface area contributed by atoms with Crippen LogP contribution in [0.1, 0.15) is 25.1 Å². The lowest BCUT2D eigenvalue weighted by Gasteiger charge is -2.33. The third-order valence-electron chi connectivity index (χ3n) is 4.13. The summed E-state index contributed by atoms with van der Waals surface area (Å²) in [6, 6.07) is 6.90. The molecule has 136 valence electrons. The van der Waals surface area contributed by atoms with Crippen molar-refractivity contribution in [3.05, 3.63) is 40.5 Å². The SMILES string of the molecule is CCCc1noc(CN2CCN(S(=O)(=O)c3ccccc3Br)CC2)n1. The summed E-state index contributed by atoms with van der Waals surface area (Å²) in [5, 5.41) is 3.95. The van der Waals surface area contributed by atoms with Crippen LogP contribution in [0.25, 0.3) is 0 Å². The predicted octanol–water partition coefficient (Wildman–Crippen LogP) is 2.29. The second-order valence-corrected chi connectivity index (χ2v) is 8.73. The molecule has 0 bridgehead atoms. The van der Waals surface area contributed by atoms with Crippen molar-refractivity contribution >= 4 is 26.0 Å². The van der Waals surface area contributed by atoms with Gasteiger partial charge >= 0.3 is 0 Å². The van der Waals surface area contributed by atoms with Gasteiger partial charge in [0, 0.05) is 37.1 Å². The summed E-state index contributed by atoms with van der Waals surface area (Å²) in [6.45, 7) is 4.78. The van der Waals surface area contributed by atoms with Crippen LogP contribution < -0.4 is 0 Å². The van der Waals surface area contributed by atoms with Gasteiger partial charge in [0.15, 0.2) is 5.82 Å². The molecular weight excluding hydrogens is 408 g/mol. The minimum absolute atomic E-state index is 0.310. The molecule has 0 saturated carbocycles. The molecule has 1 aromatic heterocycles. The van der Waals surface area contributed by atoms with Gasteiger partial charge in [-0.3, -0.25) is 4.90 Å². The summed E-state index contributed by atoms with van der Waals surface area (Å²) in [5.74, 6) is 1.32. The Morgan fingerprint density at radius 3 is 2.60 bits per heavy atom. The fraction of sp³-hybridized carbons (Fsp3) is 0.500. The molecule has 2 heterocycles. The Bertz CT molecular complexity index is 816. The molecule has 9 heteroatoms. The number of hydrogen-bond acceptors (Lipinski definition) is 6. The molecule has 7 nitrogen and oxygen atoms in total. The van der Waals surface area contributed by atoms with E-state index in [4.69, 9.17) is 4.52 Å². The Hall–Kier alpha value is -1.29. The normalized spacial score (nSPS) is 17.0. The van der Waals surface area contributed by atoms with Crippen LogP contribution in [0, 0.1) is 0 Å². The average molecular weight is 429 g/mol. The first-order valence-electron chi connectivity index (χ1n) is 8.29. The zero-order valence-corrected chi connectivity index (χ0v) is 16.5. The van der Waals surface area contributed by atoms with E-state index in [2.05, 4.69) is 37.9 Å². The van der Waals surface area contributed by atoms with Crippen LogP contribution in [0.3, 0.4) is 0 Å². The van der Waals surface area contributed by atoms with E-state index in [1.54, 1.807) is 24.3 Å². The van der Waals surface area contributed by atoms with Crippen LogP contribution in [0.15, 0.2) is 38.2 Å². The van der Waals surface area contributed by atoms with E-state index in [-0.39, 0.29) is 0 Å². The summed E-state index contributed by atoms with van der Waals surface area (Å²) in [7, 11) is -3.48. The number of piperazine rings is 1. The van der Waals surface area contributed by atoms with Gasteiger partial charge in [-0.1, -0.05) is 24.2 Å². The predicted molar refractivity (Wildman–Crippen MR) is 96.5 cm³/mol. The lowest BCUT2D eigenvalue weighted by atomic mass is 10.3. The van der Waals surface area contributed by atoms with Gasteiger partial charge in [-0.25, -0.2) is 8.42 Å². The number of hydrogen-bond donors (Lipinski definition) is 0. The minimum Gasteiger partial charge on any atom is -0.338 e. The maximum absolute atomic E-state index is 12.8. The van der Waals surface area contributed by atoms with Crippen molar-refractivity contribution in [3.63, 3.8) is 0 Å². The van der Waals surface area contributed by atoms with Gasteiger partial charge in [0.2, 0.25) is 15.9 Å². The van der Waals surface area contributed by atoms with E-state index < -0.39 is 10.0 Å². The van der Waals surface area contributed by atoms with Gasteiger partial charge < -0.3 is 4.52 Å². The molecule has 0 N–H and O–H groups in total. The highest BCUT2D eigenvalue weighted by atomic mass is 79.9. The quantitative estimate of drug-likeness (QED) is 0.701. The summed E-state index contributed by atoms with van der Waals surface area (Å²) in [4.78, 5) is 6.81. The van der Waals surface area contributed by atoms with Crippen molar-refractivity contribution in [2.24, 2.45) is 0 Å². The average Bonchev–Trinajstić information content (AvgIpc) is 3.03. The van der Waals surface area contributed by atoms with Gasteiger partial charge in [0.25, 0.3) is 0 Å². The largest absolute Gasteiger partial charge is 0.338 e. The molecule has 1 aliphatic heterocycles. The Balaban J connectivity index is 1.60. The first-order valence-corrected chi connectivity index (χ1v) is 10.5. The fourth-order valence-electron chi connectivity index (χ4n) is 2.79. The zero-order chi connectivity index (χ0) is 17.9. The van der Waals surface area contributed by atoms with Gasteiger partial charge in [-0.05, 0) is 34.5 Å². The topological polar surface area (TPSA) is 79.5 Å². The number of nitrogens with zero attached hydrogens (tertiary/aromatic N) is 4. The monoisotopic (exact) mass is 428 g/mol. The van der Waals surface area contributed by atoms with E-state index in [0.717, 1.165) is 18.7 Å². The molecule has 1 saturated heterocycles. The van der Waals surface area contributed by atoms with Crippen LogP contribution in [-0.4, -0.2) is 53.9 Å². The lowest BCUT2D eigenvalue weighted by molar-refractivity contribution is 0.163. The molecule has 0 atom stereocenters. The van der Waals surface area contributed by atoms with E-state index >= 15 is 0 Å². The number of sulfonamides is 1. The maximum atomic E-state index is 12.8. The van der Waals surface area contributed by atoms with Crippen LogP contribution in [0.5, 0.6) is 0 Å². The summed E-state index contributed by atoms with van der Waals surface area (Å²) in [6.07, 6.45) is 1.78. The third kappa shape index (κ3) is 4.28. The molecule has 3 rings (SSSR count). The van der Waals surface area contributed by atoms with Gasteiger partial charge in [0.05, 0.1) is 11.4 Å². The molecule has 0 amide bonds. The number of benzene rings is 1. The van der Waals surface area contributed by atoms with Gasteiger partial charge in [0.1, 0.15) is 0 Å². The lowest BCUT2D eigenvalue weighted by Crippen LogP contribution is -2.48. The number of aromatic nitrogens is 2. The second-order valence-electron chi connectivity index (χ2n) is 5.96. The van der Waals surface area contributed by atoms with Gasteiger partial charge in [-0.15, -0.1) is 0 Å². The summed E-state index contributed by atoms with van der Waals surface area (Å²) in [5.41, 5.74) is 0. The van der Waals surface area contributed by atoms with Crippen LogP contribution >= 0.6 is 15.9 Å². The second kappa shape index (κ2) is 7.94. The van der Waals surface area contributed by atoms with Crippen LogP contribution in [0.2, 0.25) is 0 Å². The third-order valence-corrected chi connectivity index (χ3v) is 7.04. The minimum atomic E-state index is -3.48. The van der Waals surface area contributed by atoms with Crippen molar-refractivity contribution in [1.82, 2.24) is 19.3 Å². The Labute approximate surface area is 156 Å². The highest BCUT2D eigenvalue weighted by Crippen LogP contribution is 2.25. The molecule has 2 aromatic rings. The smallest absolute Gasteiger partial charge is 0.244 e. The van der Waals surface area contributed by atoms with Crippen molar-refractivity contribution in [3.8, 4) is 0 Å². The summed E-state index contributed by atoms with van der Waals surface area (Å²) < 4.78 is 32.9. The van der Waals surface area contributed by atoms with Crippen molar-refractivity contribution in [1.29, 1.82) is 0 Å². The molecule has 0 aliphatic carbocycles. The molecule has 0 spiro atoms. The fourth-order valence-corrected chi connectivity index (χ4v) is 5.18. The number of aryl methyl sites for hydroxylation is 1. The summed E-state index contributed by atoms with van der Waals surface area (Å²) >= 11 is 3.33. The Morgan fingerprint density at radius 1 is 1.20 bits per heavy atom. The van der Waals surface area contributed by atoms with E-state index in [1.807, 2.05) is 0 Å². The number of halogens is 1.